The lowest BCUT2D eigenvalue weighted by molar-refractivity contribution is 0.0695. The lowest BCUT2D eigenvalue weighted by Gasteiger charge is -2.27. The number of ether oxygens (including phenoxy) is 2. The number of carboxylic acids is 1. The summed E-state index contributed by atoms with van der Waals surface area (Å²) in [5.74, 6) is -1.26. The van der Waals surface area contributed by atoms with Gasteiger partial charge >= 0.3 is 5.97 Å². The van der Waals surface area contributed by atoms with Gasteiger partial charge in [0.1, 0.15) is 29.6 Å². The van der Waals surface area contributed by atoms with Crippen LogP contribution >= 0.6 is 11.6 Å². The van der Waals surface area contributed by atoms with Gasteiger partial charge in [0.05, 0.1) is 35.0 Å². The molecule has 41 heavy (non-hydrogen) atoms. The molecule has 0 spiro atoms. The molecule has 0 radical (unpaired) electrons. The number of likely N-dealkylation sites (N-methyl/N-ethyl adjacent to an activating group) is 1. The van der Waals surface area contributed by atoms with Crippen molar-refractivity contribution in [2.24, 2.45) is 0 Å². The lowest BCUT2D eigenvalue weighted by Crippen LogP contribution is -2.35. The van der Waals surface area contributed by atoms with Crippen LogP contribution in [-0.2, 0) is 0 Å². The number of aromatic carboxylic acids is 1. The van der Waals surface area contributed by atoms with Crippen molar-refractivity contribution in [1.29, 1.82) is 0 Å². The number of anilines is 1. The third-order valence-electron chi connectivity index (χ3n) is 6.78. The number of rotatable bonds is 10. The van der Waals surface area contributed by atoms with Gasteiger partial charge in [-0.1, -0.05) is 11.6 Å². The van der Waals surface area contributed by atoms with E-state index in [-0.39, 0.29) is 35.1 Å². The second-order valence-electron chi connectivity index (χ2n) is 9.82. The Kier molecular flexibility index (Phi) is 8.31. The van der Waals surface area contributed by atoms with E-state index in [0.717, 1.165) is 18.9 Å². The average molecular weight is 583 g/mol. The fourth-order valence-corrected chi connectivity index (χ4v) is 4.89. The molecule has 4 heterocycles. The normalized spacial score (nSPS) is 15.0. The molecule has 0 amide bonds. The SMILES string of the molecule is CN(C)CCOc1cnc(-n2cc(C(=O)O)c(=O)c3cc(F)c(N4CCCC4COc4ncccc4Cl)cc32)cn1. The van der Waals surface area contributed by atoms with E-state index in [1.807, 2.05) is 23.9 Å². The van der Waals surface area contributed by atoms with Crippen LogP contribution in [0.3, 0.4) is 0 Å². The minimum atomic E-state index is -1.43. The molecule has 1 aliphatic rings. The molecule has 0 bridgehead atoms. The summed E-state index contributed by atoms with van der Waals surface area (Å²) in [4.78, 5) is 41.6. The molecular weight excluding hydrogens is 555 g/mol. The van der Waals surface area contributed by atoms with E-state index in [1.54, 1.807) is 18.3 Å². The summed E-state index contributed by atoms with van der Waals surface area (Å²) in [6, 6.07) is 5.81. The van der Waals surface area contributed by atoms with Crippen molar-refractivity contribution in [3.63, 3.8) is 0 Å². The second kappa shape index (κ2) is 12.1. The maximum Gasteiger partial charge on any atom is 0.341 e. The Labute approximate surface area is 239 Å². The van der Waals surface area contributed by atoms with Crippen LogP contribution in [0.5, 0.6) is 11.8 Å². The van der Waals surface area contributed by atoms with Gasteiger partial charge in [-0.05, 0) is 51.2 Å². The van der Waals surface area contributed by atoms with Crippen molar-refractivity contribution in [3.05, 3.63) is 75.7 Å². The average Bonchev–Trinajstić information content (AvgIpc) is 3.41. The first kappa shape index (κ1) is 28.2. The lowest BCUT2D eigenvalue weighted by atomic mass is 10.1. The predicted molar refractivity (Wildman–Crippen MR) is 151 cm³/mol. The highest BCUT2D eigenvalue weighted by atomic mass is 35.5. The van der Waals surface area contributed by atoms with E-state index >= 15 is 4.39 Å². The summed E-state index contributed by atoms with van der Waals surface area (Å²) in [5, 5.41) is 9.97. The number of hydrogen-bond acceptors (Lipinski definition) is 9. The Morgan fingerprint density at radius 3 is 2.76 bits per heavy atom. The van der Waals surface area contributed by atoms with Gasteiger partial charge in [0.2, 0.25) is 17.2 Å². The fraction of sp³-hybridized carbons (Fsp3) is 0.321. The molecule has 1 aromatic carbocycles. The summed E-state index contributed by atoms with van der Waals surface area (Å²) in [5.41, 5.74) is -0.774. The summed E-state index contributed by atoms with van der Waals surface area (Å²) in [6.45, 7) is 1.87. The Morgan fingerprint density at radius 1 is 1.22 bits per heavy atom. The number of nitrogens with zero attached hydrogens (tertiary/aromatic N) is 6. The highest BCUT2D eigenvalue weighted by Gasteiger charge is 2.29. The molecule has 1 fully saturated rings. The summed E-state index contributed by atoms with van der Waals surface area (Å²) in [6.07, 6.45) is 7.12. The van der Waals surface area contributed by atoms with E-state index in [0.29, 0.717) is 36.5 Å². The number of hydrogen-bond donors (Lipinski definition) is 1. The van der Waals surface area contributed by atoms with Crippen LogP contribution in [0.4, 0.5) is 10.1 Å². The molecule has 1 atom stereocenters. The Bertz CT molecular complexity index is 1630. The van der Waals surface area contributed by atoms with E-state index in [4.69, 9.17) is 21.1 Å². The molecule has 214 valence electrons. The number of carboxylic acid groups (broad SMARTS) is 1. The molecule has 4 aromatic rings. The van der Waals surface area contributed by atoms with Gasteiger partial charge in [-0.3, -0.25) is 9.36 Å². The Balaban J connectivity index is 1.52. The van der Waals surface area contributed by atoms with Crippen LogP contribution < -0.4 is 19.8 Å². The smallest absolute Gasteiger partial charge is 0.341 e. The first-order valence-electron chi connectivity index (χ1n) is 12.9. The van der Waals surface area contributed by atoms with E-state index < -0.39 is 22.8 Å². The fourth-order valence-electron chi connectivity index (χ4n) is 4.72. The highest BCUT2D eigenvalue weighted by molar-refractivity contribution is 6.31. The van der Waals surface area contributed by atoms with Crippen molar-refractivity contribution in [1.82, 2.24) is 24.4 Å². The van der Waals surface area contributed by atoms with Crippen LogP contribution in [0.2, 0.25) is 5.02 Å². The van der Waals surface area contributed by atoms with Gasteiger partial charge in [0.25, 0.3) is 0 Å². The molecule has 11 nitrogen and oxygen atoms in total. The van der Waals surface area contributed by atoms with Crippen molar-refractivity contribution >= 4 is 34.2 Å². The quantitative estimate of drug-likeness (QED) is 0.296. The second-order valence-corrected chi connectivity index (χ2v) is 10.2. The van der Waals surface area contributed by atoms with Gasteiger partial charge in [-0.15, -0.1) is 0 Å². The monoisotopic (exact) mass is 582 g/mol. The molecule has 5 rings (SSSR count). The molecule has 1 N–H and O–H groups in total. The van der Waals surface area contributed by atoms with Crippen molar-refractivity contribution in [2.75, 3.05) is 45.3 Å². The highest BCUT2D eigenvalue weighted by Crippen LogP contribution is 2.32. The minimum absolute atomic E-state index is 0.0912. The molecule has 1 unspecified atom stereocenters. The van der Waals surface area contributed by atoms with Gasteiger partial charge in [-0.25, -0.2) is 24.1 Å². The summed E-state index contributed by atoms with van der Waals surface area (Å²) >= 11 is 6.17. The van der Waals surface area contributed by atoms with Gasteiger partial charge in [0, 0.05) is 25.5 Å². The van der Waals surface area contributed by atoms with Gasteiger partial charge in [0.15, 0.2) is 5.82 Å². The summed E-state index contributed by atoms with van der Waals surface area (Å²) in [7, 11) is 3.84. The first-order chi connectivity index (χ1) is 19.7. The zero-order valence-electron chi connectivity index (χ0n) is 22.5. The van der Waals surface area contributed by atoms with Crippen LogP contribution in [0.1, 0.15) is 23.2 Å². The maximum absolute atomic E-state index is 15.6. The van der Waals surface area contributed by atoms with Crippen LogP contribution in [0, 0.1) is 5.82 Å². The Hall–Kier alpha value is -4.29. The first-order valence-corrected chi connectivity index (χ1v) is 13.3. The molecule has 13 heteroatoms. The third-order valence-corrected chi connectivity index (χ3v) is 7.06. The minimum Gasteiger partial charge on any atom is -0.477 e. The van der Waals surface area contributed by atoms with E-state index in [2.05, 4.69) is 15.0 Å². The molecular formula is C28H28ClFN6O5. The molecule has 3 aromatic heterocycles. The van der Waals surface area contributed by atoms with E-state index in [9.17, 15) is 14.7 Å². The topological polar surface area (TPSA) is 123 Å². The van der Waals surface area contributed by atoms with E-state index in [1.165, 1.54) is 29.2 Å². The third kappa shape index (κ3) is 6.08. The number of aromatic nitrogens is 4. The molecule has 1 saturated heterocycles. The number of benzene rings is 1. The molecule has 1 aliphatic heterocycles. The van der Waals surface area contributed by atoms with Crippen molar-refractivity contribution < 1.29 is 23.8 Å². The zero-order valence-corrected chi connectivity index (χ0v) is 23.2. The Morgan fingerprint density at radius 2 is 2.05 bits per heavy atom. The van der Waals surface area contributed by atoms with Gasteiger partial charge in [-0.2, -0.15) is 0 Å². The van der Waals surface area contributed by atoms with Crippen LogP contribution in [0.15, 0.2) is 53.8 Å². The standard InChI is InChI=1S/C28H28ClFN6O5/c1-34(2)9-10-40-25-14-32-24(13-33-25)36-15-19(28(38)39)26(37)18-11-21(30)23(12-22(18)36)35-8-4-5-17(35)16-41-27-20(29)6-3-7-31-27/h3,6-7,11-15,17H,4-5,8-10,16H2,1-2H3,(H,38,39). The maximum atomic E-state index is 15.6. The van der Waals surface area contributed by atoms with Gasteiger partial charge < -0.3 is 24.4 Å². The molecule has 0 aliphatic carbocycles. The summed E-state index contributed by atoms with van der Waals surface area (Å²) < 4.78 is 28.5. The van der Waals surface area contributed by atoms with Crippen LogP contribution in [-0.4, -0.2) is 81.9 Å². The number of halogens is 2. The largest absolute Gasteiger partial charge is 0.477 e. The number of carbonyl (C=O) groups is 1. The van der Waals surface area contributed by atoms with Crippen molar-refractivity contribution in [3.8, 4) is 17.6 Å². The molecule has 0 saturated carbocycles. The zero-order chi connectivity index (χ0) is 29.1. The van der Waals surface area contributed by atoms with Crippen molar-refractivity contribution in [2.45, 2.75) is 18.9 Å². The van der Waals surface area contributed by atoms with Crippen LogP contribution in [0.25, 0.3) is 16.7 Å². The predicted octanol–water partition coefficient (Wildman–Crippen LogP) is 3.65. The number of fused-ring (bicyclic) bond motifs is 1. The number of pyridine rings is 2.